The van der Waals surface area contributed by atoms with E-state index in [1.54, 1.807) is 16.2 Å². The molecule has 1 aromatic heterocycles. The van der Waals surface area contributed by atoms with Crippen LogP contribution in [0.1, 0.15) is 36.4 Å². The lowest BCUT2D eigenvalue weighted by Gasteiger charge is -2.42. The lowest BCUT2D eigenvalue weighted by Crippen LogP contribution is -2.51. The summed E-state index contributed by atoms with van der Waals surface area (Å²) >= 11 is 1.66. The van der Waals surface area contributed by atoms with E-state index in [9.17, 15) is 4.79 Å². The molecule has 0 aromatic carbocycles. The molecular weight excluding hydrogens is 338 g/mol. The second-order valence-electron chi connectivity index (χ2n) is 7.26. The van der Waals surface area contributed by atoms with Crippen LogP contribution in [0, 0.1) is 12.8 Å². The fourth-order valence-electron chi connectivity index (χ4n) is 3.98. The molecule has 2 fully saturated rings. The molecule has 3 rings (SSSR count). The maximum Gasteiger partial charge on any atom is 0.319 e. The number of ether oxygens (including phenoxy) is 2. The topological polar surface area (TPSA) is 54.9 Å². The first-order valence-electron chi connectivity index (χ1n) is 9.09. The molecule has 140 valence electrons. The highest BCUT2D eigenvalue weighted by molar-refractivity contribution is 7.09. The summed E-state index contributed by atoms with van der Waals surface area (Å²) in [4.78, 5) is 20.1. The van der Waals surface area contributed by atoms with E-state index in [0.717, 1.165) is 62.7 Å². The molecule has 1 aromatic rings. The van der Waals surface area contributed by atoms with Crippen molar-refractivity contribution in [3.05, 3.63) is 16.1 Å². The molecule has 0 unspecified atom stereocenters. The summed E-state index contributed by atoms with van der Waals surface area (Å²) in [6.07, 6.45) is 3.98. The number of aryl methyl sites for hydroxylation is 1. The van der Waals surface area contributed by atoms with Crippen molar-refractivity contribution in [1.82, 2.24) is 14.8 Å². The average molecular weight is 368 g/mol. The highest BCUT2D eigenvalue weighted by Crippen LogP contribution is 2.42. The summed E-state index contributed by atoms with van der Waals surface area (Å²) in [7, 11) is 3.62. The number of carbonyl (C=O) groups is 1. The van der Waals surface area contributed by atoms with Crippen molar-refractivity contribution >= 4 is 17.4 Å². The maximum absolute atomic E-state index is 12.1. The van der Waals surface area contributed by atoms with Crippen LogP contribution >= 0.6 is 11.3 Å². The second-order valence-corrected chi connectivity index (χ2v) is 8.32. The Balaban J connectivity index is 1.45. The third-order valence-electron chi connectivity index (χ3n) is 5.39. The predicted octanol–water partition coefficient (Wildman–Crippen LogP) is 2.91. The summed E-state index contributed by atoms with van der Waals surface area (Å²) < 4.78 is 12.0. The Morgan fingerprint density at radius 2 is 2.24 bits per heavy atom. The fraction of sp³-hybridized carbons (Fsp3) is 0.778. The number of carbonyl (C=O) groups excluding carboxylic acids is 1. The van der Waals surface area contributed by atoms with Crippen LogP contribution < -0.4 is 0 Å². The minimum absolute atomic E-state index is 0.0519. The summed E-state index contributed by atoms with van der Waals surface area (Å²) in [5, 5.41) is 3.15. The van der Waals surface area contributed by atoms with Gasteiger partial charge < -0.3 is 19.3 Å². The fourth-order valence-corrected chi connectivity index (χ4v) is 4.58. The summed E-state index contributed by atoms with van der Waals surface area (Å²) in [6, 6.07) is 0.103. The van der Waals surface area contributed by atoms with Gasteiger partial charge in [0.1, 0.15) is 0 Å². The van der Waals surface area contributed by atoms with Crippen molar-refractivity contribution in [2.75, 3.05) is 40.4 Å². The SMILES string of the molecule is Cc1nc(COCC[C@@H]2CCOC23CCN(C(=O)N(C)C)CC3)cs1. The van der Waals surface area contributed by atoms with E-state index in [2.05, 4.69) is 10.4 Å². The summed E-state index contributed by atoms with van der Waals surface area (Å²) in [5.41, 5.74) is 0.972. The van der Waals surface area contributed by atoms with E-state index in [-0.39, 0.29) is 11.6 Å². The van der Waals surface area contributed by atoms with Crippen molar-refractivity contribution in [3.8, 4) is 0 Å². The Hall–Kier alpha value is -1.18. The van der Waals surface area contributed by atoms with Gasteiger partial charge in [0.05, 0.1) is 22.9 Å². The van der Waals surface area contributed by atoms with Crippen LogP contribution in [0.25, 0.3) is 0 Å². The molecule has 2 aliphatic heterocycles. The molecular formula is C18H29N3O3S. The van der Waals surface area contributed by atoms with Gasteiger partial charge in [0.15, 0.2) is 0 Å². The van der Waals surface area contributed by atoms with Crippen molar-refractivity contribution in [3.63, 3.8) is 0 Å². The van der Waals surface area contributed by atoms with Gasteiger partial charge in [-0.3, -0.25) is 0 Å². The van der Waals surface area contributed by atoms with E-state index >= 15 is 0 Å². The van der Waals surface area contributed by atoms with Crippen molar-refractivity contribution in [1.29, 1.82) is 0 Å². The van der Waals surface area contributed by atoms with Crippen molar-refractivity contribution in [2.45, 2.75) is 44.8 Å². The van der Waals surface area contributed by atoms with Gasteiger partial charge in [-0.1, -0.05) is 0 Å². The van der Waals surface area contributed by atoms with Gasteiger partial charge in [0, 0.05) is 45.8 Å². The molecule has 1 spiro atoms. The smallest absolute Gasteiger partial charge is 0.319 e. The molecule has 0 saturated carbocycles. The predicted molar refractivity (Wildman–Crippen MR) is 97.8 cm³/mol. The number of nitrogens with zero attached hydrogens (tertiary/aromatic N) is 3. The number of piperidine rings is 1. The van der Waals surface area contributed by atoms with Crippen LogP contribution in [-0.4, -0.2) is 66.8 Å². The van der Waals surface area contributed by atoms with E-state index in [1.165, 1.54) is 0 Å². The number of urea groups is 1. The number of hydrogen-bond donors (Lipinski definition) is 0. The number of thiazole rings is 1. The lowest BCUT2D eigenvalue weighted by molar-refractivity contribution is -0.0670. The standard InChI is InChI=1S/C18H29N3O3S/c1-14-19-16(13-25-14)12-23-10-4-15-5-11-24-18(15)6-8-21(9-7-18)17(22)20(2)3/h13,15H,4-12H2,1-3H3/t15-/m1/s1. The van der Waals surface area contributed by atoms with E-state index in [0.29, 0.717) is 12.5 Å². The van der Waals surface area contributed by atoms with Crippen LogP contribution in [0.15, 0.2) is 5.38 Å². The molecule has 7 heteroatoms. The third-order valence-corrected chi connectivity index (χ3v) is 6.21. The lowest BCUT2D eigenvalue weighted by atomic mass is 9.78. The first-order chi connectivity index (χ1) is 12.0. The third kappa shape index (κ3) is 4.33. The molecule has 0 radical (unpaired) electrons. The Morgan fingerprint density at radius 3 is 2.88 bits per heavy atom. The van der Waals surface area contributed by atoms with Crippen molar-refractivity contribution in [2.24, 2.45) is 5.92 Å². The Morgan fingerprint density at radius 1 is 1.48 bits per heavy atom. The maximum atomic E-state index is 12.1. The Kier molecular flexibility index (Phi) is 5.96. The van der Waals surface area contributed by atoms with Gasteiger partial charge in [-0.15, -0.1) is 11.3 Å². The molecule has 2 saturated heterocycles. The van der Waals surface area contributed by atoms with E-state index in [1.807, 2.05) is 25.9 Å². The first kappa shape index (κ1) is 18.6. The van der Waals surface area contributed by atoms with E-state index in [4.69, 9.17) is 9.47 Å². The van der Waals surface area contributed by atoms with Gasteiger partial charge in [0.25, 0.3) is 0 Å². The molecule has 3 heterocycles. The highest BCUT2D eigenvalue weighted by Gasteiger charge is 2.46. The molecule has 25 heavy (non-hydrogen) atoms. The first-order valence-corrected chi connectivity index (χ1v) is 9.97. The average Bonchev–Trinajstić information content (AvgIpc) is 3.18. The van der Waals surface area contributed by atoms with Crippen LogP contribution in [0.3, 0.4) is 0 Å². The van der Waals surface area contributed by atoms with Crippen LogP contribution in [0.5, 0.6) is 0 Å². The molecule has 6 nitrogen and oxygen atoms in total. The van der Waals surface area contributed by atoms with E-state index < -0.39 is 0 Å². The molecule has 0 bridgehead atoms. The zero-order valence-corrected chi connectivity index (χ0v) is 16.3. The van der Waals surface area contributed by atoms with Gasteiger partial charge in [0.2, 0.25) is 0 Å². The normalized spacial score (nSPS) is 22.5. The number of hydrogen-bond acceptors (Lipinski definition) is 5. The Labute approximate surface area is 154 Å². The van der Waals surface area contributed by atoms with Gasteiger partial charge in [-0.2, -0.15) is 0 Å². The zero-order valence-electron chi connectivity index (χ0n) is 15.5. The van der Waals surface area contributed by atoms with Gasteiger partial charge >= 0.3 is 6.03 Å². The second kappa shape index (κ2) is 8.01. The highest BCUT2D eigenvalue weighted by atomic mass is 32.1. The van der Waals surface area contributed by atoms with Crippen LogP contribution in [-0.2, 0) is 16.1 Å². The molecule has 2 aliphatic rings. The summed E-state index contributed by atoms with van der Waals surface area (Å²) in [6.45, 7) is 5.75. The minimum Gasteiger partial charge on any atom is -0.375 e. The number of likely N-dealkylation sites (tertiary alicyclic amines) is 1. The molecule has 2 amide bonds. The quantitative estimate of drug-likeness (QED) is 0.751. The van der Waals surface area contributed by atoms with Crippen LogP contribution in [0.4, 0.5) is 4.79 Å². The molecule has 1 atom stereocenters. The van der Waals surface area contributed by atoms with Gasteiger partial charge in [-0.25, -0.2) is 9.78 Å². The summed E-state index contributed by atoms with van der Waals surface area (Å²) in [5.74, 6) is 0.529. The molecule has 0 N–H and O–H groups in total. The monoisotopic (exact) mass is 367 g/mol. The minimum atomic E-state index is -0.0519. The van der Waals surface area contributed by atoms with Gasteiger partial charge in [-0.05, 0) is 38.5 Å². The molecule has 0 aliphatic carbocycles. The number of aromatic nitrogens is 1. The largest absolute Gasteiger partial charge is 0.375 e. The van der Waals surface area contributed by atoms with Crippen molar-refractivity contribution < 1.29 is 14.3 Å². The number of rotatable bonds is 5. The zero-order chi connectivity index (χ0) is 17.9. The van der Waals surface area contributed by atoms with Crippen LogP contribution in [0.2, 0.25) is 0 Å². The number of amides is 2. The Bertz CT molecular complexity index is 582.